The number of anilines is 2. The molecular weight excluding hydrogens is 310 g/mol. The molecule has 2 aliphatic rings. The molecule has 1 saturated carbocycles. The van der Waals surface area contributed by atoms with Crippen LogP contribution in [0.2, 0.25) is 0 Å². The average Bonchev–Trinajstić information content (AvgIpc) is 3.36. The van der Waals surface area contributed by atoms with E-state index in [9.17, 15) is 0 Å². The number of aryl methyl sites for hydroxylation is 1. The zero-order valence-corrected chi connectivity index (χ0v) is 14.0. The number of benzene rings is 2. The van der Waals surface area contributed by atoms with Crippen LogP contribution >= 0.6 is 0 Å². The molecule has 5 rings (SSSR count). The maximum Gasteiger partial charge on any atom is 0.152 e. The van der Waals surface area contributed by atoms with E-state index in [0.29, 0.717) is 5.56 Å². The summed E-state index contributed by atoms with van der Waals surface area (Å²) in [6.07, 6.45) is 2.24. The second-order valence-corrected chi connectivity index (χ2v) is 7.01. The first-order chi connectivity index (χ1) is 12.2. The lowest BCUT2D eigenvalue weighted by molar-refractivity contribution is 0.352. The lowest BCUT2D eigenvalue weighted by Crippen LogP contribution is -2.27. The van der Waals surface area contributed by atoms with Crippen LogP contribution in [0.1, 0.15) is 29.9 Å². The highest BCUT2D eigenvalue weighted by Gasteiger charge is 2.52. The number of nitriles is 1. The van der Waals surface area contributed by atoms with Gasteiger partial charge in [-0.15, -0.1) is 0 Å². The molecule has 0 N–H and O–H groups in total. The number of para-hydroxylation sites is 1. The molecule has 0 bridgehead atoms. The van der Waals surface area contributed by atoms with Gasteiger partial charge in [-0.1, -0.05) is 23.4 Å². The summed E-state index contributed by atoms with van der Waals surface area (Å²) in [4.78, 5) is 2.36. The van der Waals surface area contributed by atoms with Crippen LogP contribution in [0.15, 0.2) is 53.1 Å². The fraction of sp³-hybridized carbons (Fsp3) is 0.238. The van der Waals surface area contributed by atoms with Crippen molar-refractivity contribution >= 4 is 11.4 Å². The van der Waals surface area contributed by atoms with Gasteiger partial charge in [0.15, 0.2) is 5.76 Å². The van der Waals surface area contributed by atoms with Crippen molar-refractivity contribution in [1.82, 2.24) is 5.16 Å². The Bertz CT molecular complexity index is 1010. The Hall–Kier alpha value is -3.06. The standard InChI is InChI=1S/C21H17N3O/c1-14-19-17-4-2-3-5-18(17)24(16-8-6-15(12-22)7-9-16)13-21(10-11-21)20(19)25-23-14/h2-9H,10-11,13H2,1H3. The summed E-state index contributed by atoms with van der Waals surface area (Å²) >= 11 is 0. The summed E-state index contributed by atoms with van der Waals surface area (Å²) in [6.45, 7) is 2.89. The van der Waals surface area contributed by atoms with E-state index in [-0.39, 0.29) is 5.41 Å². The van der Waals surface area contributed by atoms with Gasteiger partial charge in [0.1, 0.15) is 0 Å². The van der Waals surface area contributed by atoms with Crippen molar-refractivity contribution in [3.05, 3.63) is 65.5 Å². The van der Waals surface area contributed by atoms with Crippen LogP contribution in [0, 0.1) is 18.3 Å². The summed E-state index contributed by atoms with van der Waals surface area (Å²) in [5.74, 6) is 1.04. The van der Waals surface area contributed by atoms with Crippen molar-refractivity contribution in [3.63, 3.8) is 0 Å². The molecule has 122 valence electrons. The molecule has 3 aromatic rings. The summed E-state index contributed by atoms with van der Waals surface area (Å²) in [5, 5.41) is 13.3. The molecule has 0 radical (unpaired) electrons. The normalized spacial score (nSPS) is 16.7. The van der Waals surface area contributed by atoms with Crippen LogP contribution < -0.4 is 4.90 Å². The Labute approximate surface area is 146 Å². The van der Waals surface area contributed by atoms with Gasteiger partial charge >= 0.3 is 0 Å². The zero-order chi connectivity index (χ0) is 17.0. The van der Waals surface area contributed by atoms with E-state index in [4.69, 9.17) is 9.78 Å². The molecule has 25 heavy (non-hydrogen) atoms. The summed E-state index contributed by atoms with van der Waals surface area (Å²) in [7, 11) is 0. The highest BCUT2D eigenvalue weighted by Crippen LogP contribution is 2.57. The molecular formula is C21H17N3O. The molecule has 1 spiro atoms. The first-order valence-corrected chi connectivity index (χ1v) is 8.56. The van der Waals surface area contributed by atoms with Crippen molar-refractivity contribution in [2.45, 2.75) is 25.2 Å². The van der Waals surface area contributed by atoms with E-state index in [2.05, 4.69) is 40.4 Å². The van der Waals surface area contributed by atoms with Crippen LogP contribution in [0.3, 0.4) is 0 Å². The predicted molar refractivity (Wildman–Crippen MR) is 95.8 cm³/mol. The molecule has 4 nitrogen and oxygen atoms in total. The highest BCUT2D eigenvalue weighted by atomic mass is 16.5. The molecule has 0 unspecified atom stereocenters. The molecule has 1 fully saturated rings. The molecule has 2 aromatic carbocycles. The van der Waals surface area contributed by atoms with Crippen LogP contribution in [0.4, 0.5) is 11.4 Å². The largest absolute Gasteiger partial charge is 0.360 e. The Balaban J connectivity index is 1.73. The number of fused-ring (bicyclic) bond motifs is 4. The molecule has 4 heteroatoms. The van der Waals surface area contributed by atoms with Crippen molar-refractivity contribution in [2.75, 3.05) is 11.4 Å². The van der Waals surface area contributed by atoms with E-state index in [0.717, 1.165) is 42.1 Å². The van der Waals surface area contributed by atoms with E-state index in [1.54, 1.807) is 0 Å². The molecule has 0 amide bonds. The fourth-order valence-corrected chi connectivity index (χ4v) is 3.91. The van der Waals surface area contributed by atoms with E-state index in [1.807, 2.05) is 31.2 Å². The molecule has 0 saturated heterocycles. The molecule has 0 atom stereocenters. The third kappa shape index (κ3) is 2.02. The van der Waals surface area contributed by atoms with Gasteiger partial charge in [-0.3, -0.25) is 0 Å². The van der Waals surface area contributed by atoms with Gasteiger partial charge in [0.2, 0.25) is 0 Å². The van der Waals surface area contributed by atoms with Crippen LogP contribution in [-0.2, 0) is 5.41 Å². The van der Waals surface area contributed by atoms with Gasteiger partial charge in [-0.05, 0) is 50.1 Å². The van der Waals surface area contributed by atoms with Crippen LogP contribution in [0.5, 0.6) is 0 Å². The maximum atomic E-state index is 9.07. The first-order valence-electron chi connectivity index (χ1n) is 8.56. The van der Waals surface area contributed by atoms with Gasteiger partial charge in [-0.2, -0.15) is 5.26 Å². The van der Waals surface area contributed by atoms with Crippen molar-refractivity contribution in [2.24, 2.45) is 0 Å². The minimum atomic E-state index is 0.0452. The topological polar surface area (TPSA) is 53.1 Å². The van der Waals surface area contributed by atoms with Gasteiger partial charge in [0, 0.05) is 28.9 Å². The number of aromatic nitrogens is 1. The van der Waals surface area contributed by atoms with Gasteiger partial charge in [0.25, 0.3) is 0 Å². The predicted octanol–water partition coefficient (Wildman–Crippen LogP) is 4.71. The lowest BCUT2D eigenvalue weighted by atomic mass is 9.95. The Kier molecular flexibility index (Phi) is 2.84. The van der Waals surface area contributed by atoms with E-state index < -0.39 is 0 Å². The second-order valence-electron chi connectivity index (χ2n) is 7.01. The van der Waals surface area contributed by atoms with Crippen molar-refractivity contribution in [1.29, 1.82) is 5.26 Å². The molecule has 1 aromatic heterocycles. The fourth-order valence-electron chi connectivity index (χ4n) is 3.91. The molecule has 2 heterocycles. The van der Waals surface area contributed by atoms with Gasteiger partial charge in [0.05, 0.1) is 22.9 Å². The Morgan fingerprint density at radius 2 is 1.88 bits per heavy atom. The summed E-state index contributed by atoms with van der Waals surface area (Å²) in [6, 6.07) is 18.5. The van der Waals surface area contributed by atoms with Gasteiger partial charge < -0.3 is 9.42 Å². The van der Waals surface area contributed by atoms with Crippen molar-refractivity contribution in [3.8, 4) is 17.2 Å². The average molecular weight is 327 g/mol. The van der Waals surface area contributed by atoms with Crippen LogP contribution in [-0.4, -0.2) is 11.7 Å². The zero-order valence-electron chi connectivity index (χ0n) is 14.0. The Morgan fingerprint density at radius 1 is 1.12 bits per heavy atom. The highest BCUT2D eigenvalue weighted by molar-refractivity contribution is 5.87. The number of rotatable bonds is 1. The minimum absolute atomic E-state index is 0.0452. The first kappa shape index (κ1) is 14.3. The third-order valence-electron chi connectivity index (χ3n) is 5.43. The maximum absolute atomic E-state index is 9.07. The van der Waals surface area contributed by atoms with Gasteiger partial charge in [-0.25, -0.2) is 0 Å². The summed E-state index contributed by atoms with van der Waals surface area (Å²) in [5.41, 5.74) is 6.28. The number of nitrogens with zero attached hydrogens (tertiary/aromatic N) is 3. The smallest absolute Gasteiger partial charge is 0.152 e. The SMILES string of the molecule is Cc1noc2c1-c1ccccc1N(c1ccc(C#N)cc1)CC21CC1. The summed E-state index contributed by atoms with van der Waals surface area (Å²) < 4.78 is 5.80. The third-order valence-corrected chi connectivity index (χ3v) is 5.43. The van der Waals surface area contributed by atoms with E-state index >= 15 is 0 Å². The monoisotopic (exact) mass is 327 g/mol. The van der Waals surface area contributed by atoms with Crippen LogP contribution in [0.25, 0.3) is 11.1 Å². The molecule has 1 aliphatic heterocycles. The quantitative estimate of drug-likeness (QED) is 0.650. The second kappa shape index (κ2) is 4.97. The van der Waals surface area contributed by atoms with Crippen molar-refractivity contribution < 1.29 is 4.52 Å². The minimum Gasteiger partial charge on any atom is -0.360 e. The number of hydrogen-bond donors (Lipinski definition) is 0. The lowest BCUT2D eigenvalue weighted by Gasteiger charge is -2.27. The van der Waals surface area contributed by atoms with E-state index in [1.165, 1.54) is 11.3 Å². The Morgan fingerprint density at radius 3 is 2.60 bits per heavy atom. The number of hydrogen-bond acceptors (Lipinski definition) is 4. The molecule has 1 aliphatic carbocycles.